The second kappa shape index (κ2) is 13.0. The van der Waals surface area contributed by atoms with Gasteiger partial charge in [0.15, 0.2) is 0 Å². The molecule has 2 N–H and O–H groups in total. The first-order valence-electron chi connectivity index (χ1n) is 13.1. The molecule has 0 saturated carbocycles. The van der Waals surface area contributed by atoms with Crippen molar-refractivity contribution in [2.45, 2.75) is 16.6 Å². The number of nitro groups is 1. The van der Waals surface area contributed by atoms with E-state index in [2.05, 4.69) is 10.6 Å². The Labute approximate surface area is 250 Å². The fourth-order valence-electron chi connectivity index (χ4n) is 4.33. The molecule has 4 aromatic carbocycles. The predicted molar refractivity (Wildman–Crippen MR) is 163 cm³/mol. The van der Waals surface area contributed by atoms with E-state index in [4.69, 9.17) is 0 Å². The van der Waals surface area contributed by atoms with Gasteiger partial charge in [0.2, 0.25) is 11.8 Å². The number of para-hydroxylation sites is 1. The first-order valence-corrected chi connectivity index (χ1v) is 14.0. The van der Waals surface area contributed by atoms with Gasteiger partial charge in [-0.1, -0.05) is 36.4 Å². The van der Waals surface area contributed by atoms with E-state index in [9.17, 15) is 29.3 Å². The quantitative estimate of drug-likeness (QED) is 0.114. The third-order valence-corrected chi connectivity index (χ3v) is 7.65. The lowest BCUT2D eigenvalue weighted by molar-refractivity contribution is -0.384. The molecule has 5 rings (SSSR count). The number of nitro benzene ring substituents is 1. The summed E-state index contributed by atoms with van der Waals surface area (Å²) in [6.45, 7) is 0. The SMILES string of the molecule is O=C(Nc1ccc(SC2CC(=O)N(c3ccccc3)C2=O)cc1)/C(=C/c1ccc([N+](=O)[O-])cc1)NC(=O)c1ccccc1. The monoisotopic (exact) mass is 592 g/mol. The minimum absolute atomic E-state index is 0.0720. The summed E-state index contributed by atoms with van der Waals surface area (Å²) < 4.78 is 0. The fraction of sp³-hybridized carbons (Fsp3) is 0.0625. The Bertz CT molecular complexity index is 1710. The van der Waals surface area contributed by atoms with Gasteiger partial charge < -0.3 is 10.6 Å². The van der Waals surface area contributed by atoms with E-state index in [-0.39, 0.29) is 29.6 Å². The molecule has 4 amide bonds. The zero-order valence-corrected chi connectivity index (χ0v) is 23.3. The third-order valence-electron chi connectivity index (χ3n) is 6.45. The zero-order chi connectivity index (χ0) is 30.3. The molecule has 1 aliphatic heterocycles. The second-order valence-corrected chi connectivity index (χ2v) is 10.7. The number of thioether (sulfide) groups is 1. The fourth-order valence-corrected chi connectivity index (χ4v) is 5.38. The van der Waals surface area contributed by atoms with E-state index in [1.165, 1.54) is 47.0 Å². The van der Waals surface area contributed by atoms with E-state index in [0.717, 1.165) is 4.90 Å². The van der Waals surface area contributed by atoms with Gasteiger partial charge >= 0.3 is 0 Å². The van der Waals surface area contributed by atoms with E-state index in [1.807, 2.05) is 6.07 Å². The van der Waals surface area contributed by atoms with Gasteiger partial charge in [-0.05, 0) is 72.3 Å². The Hall–Kier alpha value is -5.55. The summed E-state index contributed by atoms with van der Waals surface area (Å²) in [5, 5.41) is 15.8. The lowest BCUT2D eigenvalue weighted by Crippen LogP contribution is -2.31. The number of rotatable bonds is 9. The van der Waals surface area contributed by atoms with Crippen LogP contribution in [0.4, 0.5) is 17.1 Å². The number of amides is 4. The number of hydrogen-bond donors (Lipinski definition) is 2. The summed E-state index contributed by atoms with van der Waals surface area (Å²) in [4.78, 5) is 64.0. The molecule has 0 bridgehead atoms. The largest absolute Gasteiger partial charge is 0.321 e. The first-order chi connectivity index (χ1) is 20.8. The normalized spacial score (nSPS) is 14.8. The third kappa shape index (κ3) is 7.03. The Morgan fingerprint density at radius 3 is 2.12 bits per heavy atom. The van der Waals surface area contributed by atoms with Crippen LogP contribution in [0.15, 0.2) is 120 Å². The molecule has 11 heteroatoms. The Morgan fingerprint density at radius 2 is 1.49 bits per heavy atom. The van der Waals surface area contributed by atoms with Crippen molar-refractivity contribution < 1.29 is 24.1 Å². The summed E-state index contributed by atoms with van der Waals surface area (Å²) in [7, 11) is 0. The number of nitrogens with zero attached hydrogens (tertiary/aromatic N) is 2. The van der Waals surface area contributed by atoms with Crippen molar-refractivity contribution in [1.29, 1.82) is 0 Å². The summed E-state index contributed by atoms with van der Waals surface area (Å²) in [6.07, 6.45) is 1.50. The average Bonchev–Trinajstić information content (AvgIpc) is 3.30. The number of hydrogen-bond acceptors (Lipinski definition) is 7. The van der Waals surface area contributed by atoms with Gasteiger partial charge in [-0.25, -0.2) is 4.90 Å². The highest BCUT2D eigenvalue weighted by atomic mass is 32.2. The number of carbonyl (C=O) groups excluding carboxylic acids is 4. The van der Waals surface area contributed by atoms with Crippen LogP contribution in [0, 0.1) is 10.1 Å². The van der Waals surface area contributed by atoms with Crippen LogP contribution in [-0.4, -0.2) is 33.8 Å². The summed E-state index contributed by atoms with van der Waals surface area (Å²) in [6, 6.07) is 29.5. The molecule has 1 atom stereocenters. The summed E-state index contributed by atoms with van der Waals surface area (Å²) in [5.41, 5.74) is 1.60. The standard InChI is InChI=1S/C32H24N4O6S/c37-29-20-28(32(40)35(29)24-9-5-2-6-10-24)43-26-17-13-23(14-18-26)33-31(39)27(34-30(38)22-7-3-1-4-8-22)19-21-11-15-25(16-12-21)36(41)42/h1-19,28H,20H2,(H,33,39)(H,34,38)/b27-19-. The molecule has 10 nitrogen and oxygen atoms in total. The molecule has 43 heavy (non-hydrogen) atoms. The van der Waals surface area contributed by atoms with Gasteiger partial charge in [0, 0.05) is 34.7 Å². The molecule has 0 aromatic heterocycles. The van der Waals surface area contributed by atoms with Crippen LogP contribution in [0.2, 0.25) is 0 Å². The van der Waals surface area contributed by atoms with Gasteiger partial charge in [0.1, 0.15) is 5.70 Å². The zero-order valence-electron chi connectivity index (χ0n) is 22.5. The minimum Gasteiger partial charge on any atom is -0.321 e. The molecule has 0 spiro atoms. The van der Waals surface area contributed by atoms with E-state index >= 15 is 0 Å². The maximum Gasteiger partial charge on any atom is 0.272 e. The van der Waals surface area contributed by atoms with Crippen molar-refractivity contribution >= 4 is 58.5 Å². The lowest BCUT2D eigenvalue weighted by Gasteiger charge is -2.15. The van der Waals surface area contributed by atoms with Crippen LogP contribution in [0.1, 0.15) is 22.3 Å². The average molecular weight is 593 g/mol. The molecule has 1 aliphatic rings. The minimum atomic E-state index is -0.613. The Balaban J connectivity index is 1.29. The predicted octanol–water partition coefficient (Wildman–Crippen LogP) is 5.43. The van der Waals surface area contributed by atoms with Crippen LogP contribution in [0.3, 0.4) is 0 Å². The maximum atomic E-state index is 13.3. The number of anilines is 2. The molecule has 4 aromatic rings. The van der Waals surface area contributed by atoms with Crippen LogP contribution in [-0.2, 0) is 14.4 Å². The number of benzene rings is 4. The summed E-state index contributed by atoms with van der Waals surface area (Å²) in [5.74, 6) is -1.66. The Morgan fingerprint density at radius 1 is 0.860 bits per heavy atom. The molecule has 1 unspecified atom stereocenters. The van der Waals surface area contributed by atoms with E-state index in [1.54, 1.807) is 78.9 Å². The highest BCUT2D eigenvalue weighted by Gasteiger charge is 2.40. The van der Waals surface area contributed by atoms with Crippen molar-refractivity contribution in [3.63, 3.8) is 0 Å². The van der Waals surface area contributed by atoms with Gasteiger partial charge in [-0.2, -0.15) is 0 Å². The molecular formula is C32H24N4O6S. The number of imide groups is 1. The number of non-ortho nitro benzene ring substituents is 1. The molecule has 1 fully saturated rings. The van der Waals surface area contributed by atoms with Crippen molar-refractivity contribution in [1.82, 2.24) is 5.32 Å². The van der Waals surface area contributed by atoms with Gasteiger partial charge in [0.05, 0.1) is 15.9 Å². The lowest BCUT2D eigenvalue weighted by atomic mass is 10.1. The highest BCUT2D eigenvalue weighted by Crippen LogP contribution is 2.34. The summed E-state index contributed by atoms with van der Waals surface area (Å²) >= 11 is 1.27. The van der Waals surface area contributed by atoms with Gasteiger partial charge in [-0.15, -0.1) is 11.8 Å². The van der Waals surface area contributed by atoms with Crippen LogP contribution in [0.25, 0.3) is 6.08 Å². The van der Waals surface area contributed by atoms with Crippen molar-refractivity contribution in [2.75, 3.05) is 10.2 Å². The van der Waals surface area contributed by atoms with Gasteiger partial charge in [0.25, 0.3) is 17.5 Å². The number of carbonyl (C=O) groups is 4. The van der Waals surface area contributed by atoms with Crippen LogP contribution >= 0.6 is 11.8 Å². The van der Waals surface area contributed by atoms with Gasteiger partial charge in [-0.3, -0.25) is 29.3 Å². The molecular weight excluding hydrogens is 568 g/mol. The number of nitrogens with one attached hydrogen (secondary N) is 2. The first kappa shape index (κ1) is 29.0. The molecule has 1 heterocycles. The van der Waals surface area contributed by atoms with Crippen molar-refractivity contribution in [2.24, 2.45) is 0 Å². The highest BCUT2D eigenvalue weighted by molar-refractivity contribution is 8.00. The van der Waals surface area contributed by atoms with Crippen LogP contribution in [0.5, 0.6) is 0 Å². The second-order valence-electron chi connectivity index (χ2n) is 9.42. The maximum absolute atomic E-state index is 13.3. The molecule has 0 aliphatic carbocycles. The van der Waals surface area contributed by atoms with E-state index < -0.39 is 22.0 Å². The smallest absolute Gasteiger partial charge is 0.272 e. The molecule has 0 radical (unpaired) electrons. The molecule has 214 valence electrons. The van der Waals surface area contributed by atoms with Crippen LogP contribution < -0.4 is 15.5 Å². The Kier molecular flexibility index (Phi) is 8.73. The molecule has 1 saturated heterocycles. The van der Waals surface area contributed by atoms with Crippen molar-refractivity contribution in [3.05, 3.63) is 136 Å². The van der Waals surface area contributed by atoms with E-state index in [0.29, 0.717) is 22.5 Å². The van der Waals surface area contributed by atoms with Crippen molar-refractivity contribution in [3.8, 4) is 0 Å². The topological polar surface area (TPSA) is 139 Å².